The number of nitro benzene ring substituents is 1. The van der Waals surface area contributed by atoms with Crippen LogP contribution < -0.4 is 16.0 Å². The number of benzene rings is 1. The SMILES string of the molecule is NNc1ccc(S(=O)(=O)NCc2cccs2)cc1[N+](=O)[O-]. The average Bonchev–Trinajstić information content (AvgIpc) is 2.97. The number of hydrazine groups is 1. The van der Waals surface area contributed by atoms with E-state index >= 15 is 0 Å². The molecule has 2 rings (SSSR count). The summed E-state index contributed by atoms with van der Waals surface area (Å²) in [6, 6.07) is 7.06. The van der Waals surface area contributed by atoms with Gasteiger partial charge in [-0.2, -0.15) is 0 Å². The minimum Gasteiger partial charge on any atom is -0.318 e. The molecule has 8 nitrogen and oxygen atoms in total. The third-order valence-corrected chi connectivity index (χ3v) is 4.92. The smallest absolute Gasteiger partial charge is 0.294 e. The van der Waals surface area contributed by atoms with Gasteiger partial charge in [-0.15, -0.1) is 11.3 Å². The number of nitrogens with zero attached hydrogens (tertiary/aromatic N) is 1. The van der Waals surface area contributed by atoms with Crippen LogP contribution in [0, 0.1) is 10.1 Å². The van der Waals surface area contributed by atoms with Crippen LogP contribution in [0.2, 0.25) is 0 Å². The van der Waals surface area contributed by atoms with Crippen LogP contribution in [0.1, 0.15) is 4.88 Å². The van der Waals surface area contributed by atoms with Gasteiger partial charge in [-0.1, -0.05) is 6.07 Å². The maximum absolute atomic E-state index is 12.1. The summed E-state index contributed by atoms with van der Waals surface area (Å²) in [4.78, 5) is 10.9. The van der Waals surface area contributed by atoms with Crippen molar-refractivity contribution in [2.45, 2.75) is 11.4 Å². The molecule has 0 bridgehead atoms. The van der Waals surface area contributed by atoms with Crippen LogP contribution >= 0.6 is 11.3 Å². The van der Waals surface area contributed by atoms with Crippen LogP contribution in [0.5, 0.6) is 0 Å². The fourth-order valence-electron chi connectivity index (χ4n) is 1.61. The molecule has 1 aromatic heterocycles. The molecule has 0 atom stereocenters. The van der Waals surface area contributed by atoms with Crippen LogP contribution in [0.25, 0.3) is 0 Å². The van der Waals surface area contributed by atoms with Gasteiger partial charge in [-0.05, 0) is 23.6 Å². The van der Waals surface area contributed by atoms with Crippen LogP contribution in [0.15, 0.2) is 40.6 Å². The fraction of sp³-hybridized carbons (Fsp3) is 0.0909. The molecule has 0 saturated carbocycles. The Labute approximate surface area is 124 Å². The Kier molecular flexibility index (Phi) is 4.53. The number of nitro groups is 1. The lowest BCUT2D eigenvalue weighted by molar-refractivity contribution is -0.384. The van der Waals surface area contributed by atoms with Crippen molar-refractivity contribution in [3.8, 4) is 0 Å². The highest BCUT2D eigenvalue weighted by molar-refractivity contribution is 7.89. The Morgan fingerprint density at radius 1 is 1.33 bits per heavy atom. The zero-order chi connectivity index (χ0) is 15.5. The van der Waals surface area contributed by atoms with Gasteiger partial charge in [0.2, 0.25) is 10.0 Å². The Hall–Kier alpha value is -2.01. The molecule has 0 fully saturated rings. The van der Waals surface area contributed by atoms with E-state index in [9.17, 15) is 18.5 Å². The minimum atomic E-state index is -3.83. The van der Waals surface area contributed by atoms with Gasteiger partial charge in [0.25, 0.3) is 5.69 Å². The zero-order valence-electron chi connectivity index (χ0n) is 10.6. The molecule has 0 aliphatic rings. The highest BCUT2D eigenvalue weighted by Crippen LogP contribution is 2.26. The number of nitrogens with one attached hydrogen (secondary N) is 2. The summed E-state index contributed by atoms with van der Waals surface area (Å²) in [5, 5.41) is 12.7. The average molecular weight is 328 g/mol. The molecule has 112 valence electrons. The van der Waals surface area contributed by atoms with Crippen molar-refractivity contribution in [1.29, 1.82) is 0 Å². The second-order valence-electron chi connectivity index (χ2n) is 3.98. The van der Waals surface area contributed by atoms with Crippen LogP contribution in [0.3, 0.4) is 0 Å². The molecule has 1 aromatic carbocycles. The minimum absolute atomic E-state index is 0.0391. The maximum atomic E-state index is 12.1. The van der Waals surface area contributed by atoms with E-state index < -0.39 is 20.6 Å². The number of hydrogen-bond acceptors (Lipinski definition) is 7. The molecule has 0 saturated heterocycles. The van der Waals surface area contributed by atoms with E-state index in [1.807, 2.05) is 5.38 Å². The lowest BCUT2D eigenvalue weighted by atomic mass is 10.3. The van der Waals surface area contributed by atoms with Gasteiger partial charge in [-0.25, -0.2) is 13.1 Å². The Morgan fingerprint density at radius 3 is 2.67 bits per heavy atom. The number of rotatable bonds is 6. The van der Waals surface area contributed by atoms with Crippen molar-refractivity contribution in [3.63, 3.8) is 0 Å². The summed E-state index contributed by atoms with van der Waals surface area (Å²) in [5.74, 6) is 5.15. The number of hydrogen-bond donors (Lipinski definition) is 3. The van der Waals surface area contributed by atoms with Crippen molar-refractivity contribution in [3.05, 3.63) is 50.7 Å². The van der Waals surface area contributed by atoms with Crippen molar-refractivity contribution in [2.75, 3.05) is 5.43 Å². The van der Waals surface area contributed by atoms with E-state index in [4.69, 9.17) is 5.84 Å². The standard InChI is InChI=1S/C11H12N4O4S2/c12-14-10-4-3-9(6-11(10)15(16)17)21(18,19)13-7-8-2-1-5-20-8/h1-6,13-14H,7,12H2. The van der Waals surface area contributed by atoms with E-state index in [1.165, 1.54) is 23.5 Å². The molecule has 0 amide bonds. The van der Waals surface area contributed by atoms with E-state index in [0.717, 1.165) is 10.9 Å². The summed E-state index contributed by atoms with van der Waals surface area (Å²) in [6.07, 6.45) is 0. The summed E-state index contributed by atoms with van der Waals surface area (Å²) >= 11 is 1.41. The number of nitrogens with two attached hydrogens (primary N) is 1. The van der Waals surface area contributed by atoms with E-state index in [0.29, 0.717) is 0 Å². The lowest BCUT2D eigenvalue weighted by Gasteiger charge is -2.07. The van der Waals surface area contributed by atoms with Crippen LogP contribution in [0.4, 0.5) is 11.4 Å². The number of nitrogen functional groups attached to an aromatic ring is 1. The summed E-state index contributed by atoms with van der Waals surface area (Å²) in [7, 11) is -3.83. The molecule has 0 aliphatic heterocycles. The fourth-order valence-corrected chi connectivity index (χ4v) is 3.38. The quantitative estimate of drug-likeness (QED) is 0.418. The Balaban J connectivity index is 2.27. The molecule has 0 radical (unpaired) electrons. The second kappa shape index (κ2) is 6.18. The Morgan fingerprint density at radius 2 is 2.10 bits per heavy atom. The van der Waals surface area contributed by atoms with Gasteiger partial charge in [0.05, 0.1) is 9.82 Å². The first kappa shape index (κ1) is 15.4. The van der Waals surface area contributed by atoms with Crippen LogP contribution in [-0.2, 0) is 16.6 Å². The highest BCUT2D eigenvalue weighted by Gasteiger charge is 2.21. The lowest BCUT2D eigenvalue weighted by Crippen LogP contribution is -2.23. The van der Waals surface area contributed by atoms with Crippen molar-refractivity contribution in [2.24, 2.45) is 5.84 Å². The summed E-state index contributed by atoms with van der Waals surface area (Å²) in [5.41, 5.74) is 1.79. The molecule has 0 spiro atoms. The van der Waals surface area contributed by atoms with Crippen molar-refractivity contribution >= 4 is 32.7 Å². The monoisotopic (exact) mass is 328 g/mol. The largest absolute Gasteiger partial charge is 0.318 e. The third kappa shape index (κ3) is 3.55. The van der Waals surface area contributed by atoms with Crippen molar-refractivity contribution in [1.82, 2.24) is 4.72 Å². The first-order valence-electron chi connectivity index (χ1n) is 5.71. The maximum Gasteiger partial charge on any atom is 0.294 e. The molecular formula is C11H12N4O4S2. The van der Waals surface area contributed by atoms with Gasteiger partial charge in [-0.3, -0.25) is 16.0 Å². The predicted molar refractivity (Wildman–Crippen MR) is 79.3 cm³/mol. The van der Waals surface area contributed by atoms with E-state index in [-0.39, 0.29) is 17.1 Å². The normalized spacial score (nSPS) is 11.3. The van der Waals surface area contributed by atoms with Gasteiger partial charge >= 0.3 is 0 Å². The zero-order valence-corrected chi connectivity index (χ0v) is 12.3. The van der Waals surface area contributed by atoms with E-state index in [2.05, 4.69) is 10.1 Å². The number of anilines is 1. The molecule has 21 heavy (non-hydrogen) atoms. The summed E-state index contributed by atoms with van der Waals surface area (Å²) < 4.78 is 26.6. The van der Waals surface area contributed by atoms with Gasteiger partial charge in [0, 0.05) is 17.5 Å². The first-order valence-corrected chi connectivity index (χ1v) is 8.07. The molecule has 4 N–H and O–H groups in total. The molecule has 0 unspecified atom stereocenters. The third-order valence-electron chi connectivity index (χ3n) is 2.65. The molecule has 2 aromatic rings. The van der Waals surface area contributed by atoms with Crippen LogP contribution in [-0.4, -0.2) is 13.3 Å². The second-order valence-corrected chi connectivity index (χ2v) is 6.78. The van der Waals surface area contributed by atoms with Gasteiger partial charge in [0.15, 0.2) is 0 Å². The number of thiophene rings is 1. The van der Waals surface area contributed by atoms with Gasteiger partial charge in [0.1, 0.15) is 5.69 Å². The topological polar surface area (TPSA) is 127 Å². The predicted octanol–water partition coefficient (Wildman–Crippen LogP) is 1.42. The highest BCUT2D eigenvalue weighted by atomic mass is 32.2. The Bertz CT molecular complexity index is 744. The van der Waals surface area contributed by atoms with E-state index in [1.54, 1.807) is 12.1 Å². The first-order chi connectivity index (χ1) is 9.94. The molecule has 1 heterocycles. The summed E-state index contributed by atoms with van der Waals surface area (Å²) in [6.45, 7) is 0.130. The number of sulfonamides is 1. The molecule has 10 heteroatoms. The van der Waals surface area contributed by atoms with Crippen molar-refractivity contribution < 1.29 is 13.3 Å². The molecule has 0 aliphatic carbocycles. The molecular weight excluding hydrogens is 316 g/mol. The van der Waals surface area contributed by atoms with Gasteiger partial charge < -0.3 is 5.43 Å².